The molecule has 2 amide bonds. The van der Waals surface area contributed by atoms with Crippen molar-refractivity contribution in [2.45, 2.75) is 24.7 Å². The van der Waals surface area contributed by atoms with Crippen LogP contribution in [0.1, 0.15) is 30.1 Å². The fourth-order valence-electron chi connectivity index (χ4n) is 2.05. The molecule has 7 nitrogen and oxygen atoms in total. The van der Waals surface area contributed by atoms with E-state index in [2.05, 4.69) is 5.32 Å². The van der Waals surface area contributed by atoms with Gasteiger partial charge in [0.2, 0.25) is 5.91 Å². The third-order valence-electron chi connectivity index (χ3n) is 3.17. The van der Waals surface area contributed by atoms with Crippen molar-refractivity contribution in [3.8, 4) is 0 Å². The molecule has 1 aliphatic heterocycles. The summed E-state index contributed by atoms with van der Waals surface area (Å²) < 4.78 is 25.1. The zero-order chi connectivity index (χ0) is 15.6. The van der Waals surface area contributed by atoms with Crippen molar-refractivity contribution in [3.63, 3.8) is 0 Å². The molecule has 1 heterocycles. The van der Waals surface area contributed by atoms with E-state index in [4.69, 9.17) is 5.73 Å². The van der Waals surface area contributed by atoms with E-state index in [1.165, 1.54) is 18.2 Å². The highest BCUT2D eigenvalue weighted by Crippen LogP contribution is 2.31. The number of benzene rings is 1. The monoisotopic (exact) mass is 311 g/mol. The van der Waals surface area contributed by atoms with Gasteiger partial charge >= 0.3 is 0 Å². The Morgan fingerprint density at radius 1 is 1.38 bits per heavy atom. The summed E-state index contributed by atoms with van der Waals surface area (Å²) in [5.41, 5.74) is 5.87. The van der Waals surface area contributed by atoms with E-state index in [-0.39, 0.29) is 10.5 Å². The average Bonchev–Trinajstić information content (AvgIpc) is 2.60. The van der Waals surface area contributed by atoms with Gasteiger partial charge in [0.1, 0.15) is 11.4 Å². The molecule has 0 unspecified atom stereocenters. The Balaban J connectivity index is 2.20. The predicted molar refractivity (Wildman–Crippen MR) is 77.0 cm³/mol. The molecule has 1 aromatic carbocycles. The molecule has 114 valence electrons. The second kappa shape index (κ2) is 5.72. The summed E-state index contributed by atoms with van der Waals surface area (Å²) in [5.74, 6) is -1.22. The molecule has 0 radical (unpaired) electrons. The maximum Gasteiger partial charge on any atom is 0.269 e. The number of rotatable bonds is 5. The van der Waals surface area contributed by atoms with E-state index >= 15 is 0 Å². The number of nitrogens with two attached hydrogens (primary N) is 1. The van der Waals surface area contributed by atoms with Gasteiger partial charge in [0, 0.05) is 12.2 Å². The van der Waals surface area contributed by atoms with E-state index in [9.17, 15) is 18.0 Å². The largest absolute Gasteiger partial charge is 0.399 e. The topological polar surface area (TPSA) is 110 Å². The number of carbonyl (C=O) groups is 2. The standard InChI is InChI=1S/C13H17N3O4S/c1-2-3-6-15-12(17)8-16-13(18)10-7-9(14)4-5-11(10)21(16,19)20/h4-5,7H,2-3,6,8,14H2,1H3,(H,15,17). The van der Waals surface area contributed by atoms with Crippen molar-refractivity contribution in [1.29, 1.82) is 0 Å². The molecular formula is C13H17N3O4S. The van der Waals surface area contributed by atoms with Crippen molar-refractivity contribution in [1.82, 2.24) is 9.62 Å². The second-order valence-corrected chi connectivity index (χ2v) is 6.61. The van der Waals surface area contributed by atoms with Crippen LogP contribution in [0.25, 0.3) is 0 Å². The zero-order valence-electron chi connectivity index (χ0n) is 11.6. The normalized spacial score (nSPS) is 15.9. The average molecular weight is 311 g/mol. The molecule has 0 saturated heterocycles. The Hall–Kier alpha value is -2.09. The van der Waals surface area contributed by atoms with Crippen molar-refractivity contribution >= 4 is 27.5 Å². The van der Waals surface area contributed by atoms with Gasteiger partial charge in [-0.1, -0.05) is 13.3 Å². The quantitative estimate of drug-likeness (QED) is 0.601. The first-order valence-electron chi connectivity index (χ1n) is 6.61. The minimum absolute atomic E-state index is 0.0105. The van der Waals surface area contributed by atoms with Gasteiger partial charge in [-0.25, -0.2) is 12.7 Å². The summed E-state index contributed by atoms with van der Waals surface area (Å²) in [6, 6.07) is 4.01. The number of amides is 2. The molecule has 1 aromatic rings. The third kappa shape index (κ3) is 2.85. The molecule has 0 saturated carbocycles. The molecular weight excluding hydrogens is 294 g/mol. The molecule has 0 atom stereocenters. The Kier molecular flexibility index (Phi) is 4.17. The van der Waals surface area contributed by atoms with Crippen LogP contribution in [0.3, 0.4) is 0 Å². The molecule has 3 N–H and O–H groups in total. The number of anilines is 1. The summed E-state index contributed by atoms with van der Waals surface area (Å²) in [5, 5.41) is 2.58. The zero-order valence-corrected chi connectivity index (χ0v) is 12.4. The Morgan fingerprint density at radius 2 is 2.10 bits per heavy atom. The van der Waals surface area contributed by atoms with Crippen LogP contribution >= 0.6 is 0 Å². The van der Waals surface area contributed by atoms with E-state index in [1.807, 2.05) is 6.92 Å². The summed E-state index contributed by atoms with van der Waals surface area (Å²) >= 11 is 0. The number of fused-ring (bicyclic) bond motifs is 1. The third-order valence-corrected chi connectivity index (χ3v) is 4.96. The van der Waals surface area contributed by atoms with Crippen LogP contribution in [0.5, 0.6) is 0 Å². The summed E-state index contributed by atoms with van der Waals surface area (Å²) in [4.78, 5) is 23.8. The first kappa shape index (κ1) is 15.3. The molecule has 8 heteroatoms. The van der Waals surface area contributed by atoms with Crippen LogP contribution in [-0.2, 0) is 14.8 Å². The maximum absolute atomic E-state index is 12.3. The van der Waals surface area contributed by atoms with E-state index in [0.29, 0.717) is 16.5 Å². The van der Waals surface area contributed by atoms with Crippen LogP contribution in [-0.4, -0.2) is 37.6 Å². The minimum atomic E-state index is -3.97. The fraction of sp³-hybridized carbons (Fsp3) is 0.385. The van der Waals surface area contributed by atoms with Gasteiger partial charge in [-0.05, 0) is 24.6 Å². The number of sulfonamides is 1. The van der Waals surface area contributed by atoms with Crippen LogP contribution < -0.4 is 11.1 Å². The van der Waals surface area contributed by atoms with Crippen LogP contribution in [0.2, 0.25) is 0 Å². The number of nitrogen functional groups attached to an aromatic ring is 1. The predicted octanol–water partition coefficient (Wildman–Crippen LogP) is 0.330. The number of nitrogens with zero attached hydrogens (tertiary/aromatic N) is 1. The minimum Gasteiger partial charge on any atom is -0.399 e. The van der Waals surface area contributed by atoms with E-state index < -0.39 is 28.4 Å². The molecule has 0 fully saturated rings. The Bertz CT molecular complexity index is 685. The van der Waals surface area contributed by atoms with Crippen molar-refractivity contribution < 1.29 is 18.0 Å². The Morgan fingerprint density at radius 3 is 2.76 bits per heavy atom. The maximum atomic E-state index is 12.3. The molecule has 0 aromatic heterocycles. The molecule has 1 aliphatic rings. The lowest BCUT2D eigenvalue weighted by atomic mass is 10.2. The van der Waals surface area contributed by atoms with Crippen LogP contribution in [0, 0.1) is 0 Å². The highest BCUT2D eigenvalue weighted by atomic mass is 32.2. The van der Waals surface area contributed by atoms with E-state index in [0.717, 1.165) is 12.8 Å². The fourth-order valence-corrected chi connectivity index (χ4v) is 3.56. The van der Waals surface area contributed by atoms with Gasteiger partial charge < -0.3 is 11.1 Å². The smallest absolute Gasteiger partial charge is 0.269 e. The van der Waals surface area contributed by atoms with Gasteiger partial charge in [0.05, 0.1) is 5.56 Å². The number of nitrogens with one attached hydrogen (secondary N) is 1. The van der Waals surface area contributed by atoms with Crippen LogP contribution in [0.15, 0.2) is 23.1 Å². The molecule has 0 bridgehead atoms. The first-order chi connectivity index (χ1) is 9.87. The highest BCUT2D eigenvalue weighted by Gasteiger charge is 2.42. The van der Waals surface area contributed by atoms with Gasteiger partial charge in [0.15, 0.2) is 0 Å². The summed E-state index contributed by atoms with van der Waals surface area (Å²) in [6.45, 7) is 1.92. The van der Waals surface area contributed by atoms with Gasteiger partial charge in [-0.15, -0.1) is 0 Å². The molecule has 0 spiro atoms. The molecule has 0 aliphatic carbocycles. The lowest BCUT2D eigenvalue weighted by Gasteiger charge is -2.14. The van der Waals surface area contributed by atoms with Crippen LogP contribution in [0.4, 0.5) is 5.69 Å². The van der Waals surface area contributed by atoms with E-state index in [1.54, 1.807) is 0 Å². The first-order valence-corrected chi connectivity index (χ1v) is 8.05. The molecule has 2 rings (SSSR count). The molecule has 21 heavy (non-hydrogen) atoms. The van der Waals surface area contributed by atoms with Gasteiger partial charge in [-0.2, -0.15) is 0 Å². The number of carbonyl (C=O) groups excluding carboxylic acids is 2. The van der Waals surface area contributed by atoms with Gasteiger partial charge in [-0.3, -0.25) is 9.59 Å². The lowest BCUT2D eigenvalue weighted by molar-refractivity contribution is -0.121. The number of hydrogen-bond acceptors (Lipinski definition) is 5. The van der Waals surface area contributed by atoms with Crippen molar-refractivity contribution in [2.75, 3.05) is 18.8 Å². The van der Waals surface area contributed by atoms with Crippen molar-refractivity contribution in [3.05, 3.63) is 23.8 Å². The highest BCUT2D eigenvalue weighted by molar-refractivity contribution is 7.90. The summed E-state index contributed by atoms with van der Waals surface area (Å²) in [7, 11) is -3.97. The number of unbranched alkanes of at least 4 members (excludes halogenated alkanes) is 1. The second-order valence-electron chi connectivity index (χ2n) is 4.78. The van der Waals surface area contributed by atoms with Crippen molar-refractivity contribution in [2.24, 2.45) is 0 Å². The summed E-state index contributed by atoms with van der Waals surface area (Å²) in [6.07, 6.45) is 1.70. The lowest BCUT2D eigenvalue weighted by Crippen LogP contribution is -2.40. The number of hydrogen-bond donors (Lipinski definition) is 2. The SMILES string of the molecule is CCCCNC(=O)CN1C(=O)c2cc(N)ccc2S1(=O)=O. The van der Waals surface area contributed by atoms with Gasteiger partial charge in [0.25, 0.3) is 15.9 Å². The Labute approximate surface area is 123 Å².